The first-order valence-electron chi connectivity index (χ1n) is 37.4. The molecule has 2 unspecified atom stereocenters. The van der Waals surface area contributed by atoms with Gasteiger partial charge < -0.3 is 34.2 Å². The number of benzene rings is 2. The van der Waals surface area contributed by atoms with Crippen LogP contribution in [0.25, 0.3) is 0 Å². The molecular formula is C38H60N2O6. The summed E-state index contributed by atoms with van der Waals surface area (Å²) in [4.78, 5) is 11.8. The monoisotopic (exact) mass is 691 g/mol. The molecule has 46 heavy (non-hydrogen) atoms. The first-order chi connectivity index (χ1) is 41.6. The van der Waals surface area contributed by atoms with Gasteiger partial charge >= 0.3 is 0 Å². The number of carbonyl (C=O) groups excluding carboxylic acids is 1. The van der Waals surface area contributed by atoms with Crippen LogP contribution >= 0.6 is 0 Å². The molecule has 0 aromatic heterocycles. The van der Waals surface area contributed by atoms with E-state index < -0.39 is 222 Å². The summed E-state index contributed by atoms with van der Waals surface area (Å²) in [5.74, 6) is -15.8. The van der Waals surface area contributed by atoms with Crippen LogP contribution in [0.4, 0.5) is 0 Å². The van der Waals surface area contributed by atoms with Crippen LogP contribution in [0.2, 0.25) is 0 Å². The molecule has 1 amide bonds. The van der Waals surface area contributed by atoms with Crippen LogP contribution in [-0.4, -0.2) is 98.8 Å². The Kier molecular flexibility index (Phi) is 3.46. The molecule has 3 aliphatic rings. The second-order valence-electron chi connectivity index (χ2n) is 8.44. The van der Waals surface area contributed by atoms with E-state index in [1.807, 2.05) is 0 Å². The minimum absolute atomic E-state index is 1.00. The second-order valence-corrected chi connectivity index (χ2v) is 8.44. The Morgan fingerprint density at radius 2 is 1.35 bits per heavy atom. The lowest BCUT2D eigenvalue weighted by atomic mass is 9.72. The van der Waals surface area contributed by atoms with Gasteiger partial charge in [-0.2, -0.15) is 0 Å². The van der Waals surface area contributed by atoms with Crippen molar-refractivity contribution in [3.05, 3.63) is 59.5 Å². The summed E-state index contributed by atoms with van der Waals surface area (Å²) >= 11 is 0. The van der Waals surface area contributed by atoms with Crippen molar-refractivity contribution in [2.75, 3.05) is 61.7 Å². The Morgan fingerprint density at radius 1 is 0.848 bits per heavy atom. The van der Waals surface area contributed by atoms with Gasteiger partial charge in [-0.25, -0.2) is 0 Å². The first kappa shape index (κ1) is 8.55. The maximum absolute atomic E-state index is 14.1. The third-order valence-corrected chi connectivity index (χ3v) is 5.32. The highest BCUT2D eigenvalue weighted by Crippen LogP contribution is 2.42. The Labute approximate surface area is 348 Å². The lowest BCUT2D eigenvalue weighted by Gasteiger charge is -2.40. The Hall–Kier alpha value is -2.65. The number of aliphatic hydroxyl groups is 2. The molecule has 1 heterocycles. The van der Waals surface area contributed by atoms with Gasteiger partial charge in [0.1, 0.15) is 11.5 Å². The number of nitrogens with zero attached hydrogens (tertiary/aromatic N) is 2. The minimum atomic E-state index is -5.24. The van der Waals surface area contributed by atoms with Crippen molar-refractivity contribution in [2.24, 2.45) is 0 Å². The predicted octanol–water partition coefficient (Wildman–Crippen LogP) is 6.39. The summed E-state index contributed by atoms with van der Waals surface area (Å²) in [5, 5.41) is 24.2. The van der Waals surface area contributed by atoms with Gasteiger partial charge in [0, 0.05) is 88.9 Å². The molecule has 0 spiro atoms. The quantitative estimate of drug-likeness (QED) is 0.315. The molecule has 3 fully saturated rings. The van der Waals surface area contributed by atoms with Crippen LogP contribution < -0.4 is 9.47 Å². The Balaban J connectivity index is 0.000000465. The summed E-state index contributed by atoms with van der Waals surface area (Å²) in [6.07, 6.45) is -43.5. The number of ether oxygens (including phenoxy) is 3. The van der Waals surface area contributed by atoms with Gasteiger partial charge in [0.05, 0.1) is 50.4 Å². The summed E-state index contributed by atoms with van der Waals surface area (Å²) < 4.78 is 416. The number of rotatable bonds is 9. The molecule has 2 aliphatic carbocycles. The van der Waals surface area contributed by atoms with Gasteiger partial charge in [-0.3, -0.25) is 4.79 Å². The highest BCUT2D eigenvalue weighted by molar-refractivity contribution is 5.84. The molecule has 1 aliphatic heterocycles. The Morgan fingerprint density at radius 3 is 1.78 bits per heavy atom. The first-order valence-corrected chi connectivity index (χ1v) is 12.4. The SMILES string of the molecule is C1CCOC1.[2H]c1c([2H])c(C([2H])(C(=O)N(C([2H])([2H])[2H])C([2H])([2H])[2H])C2(O)C([2H])([2H])C([2H])([2H])C([2H])([2H])C([2H])([2H])C2([2H])[2H])c([2H])c([2H])c1OC([2H])([2H])[2H].[2H]c1c([2H])c(C([2H])(C([2H])([2H])N(C([2H])([2H])[2H])C([2H])([2H])[2H])C2(O)C([2H])([2H])C([2H])([2H])C([2H])([2H])C([2H])([2H])C2([2H])[2H])c([2H])c([2H])c1OC([2H])([2H])[2H]. The maximum atomic E-state index is 14.1. The van der Waals surface area contributed by atoms with Gasteiger partial charge in [-0.05, 0) is 87.6 Å². The molecular weight excluding hydrogens is 580 g/mol. The molecule has 0 bridgehead atoms. The average molecular weight is 691 g/mol. The van der Waals surface area contributed by atoms with Crippen molar-refractivity contribution < 1.29 is 97.8 Å². The summed E-state index contributed by atoms with van der Waals surface area (Å²) in [6, 6.07) is -14.1. The second kappa shape index (κ2) is 18.6. The number of hydrogen-bond acceptors (Lipinski definition) is 7. The van der Waals surface area contributed by atoms with Crippen molar-refractivity contribution in [3.8, 4) is 11.5 Å². The van der Waals surface area contributed by atoms with Crippen molar-refractivity contribution in [3.63, 3.8) is 0 Å². The molecule has 1 saturated heterocycles. The molecule has 0 radical (unpaired) electrons. The van der Waals surface area contributed by atoms with E-state index in [2.05, 4.69) is 9.47 Å². The number of likely N-dealkylation sites (N-methyl/N-ethyl adjacent to an activating group) is 2. The number of hydrogen-bond donors (Lipinski definition) is 2. The van der Waals surface area contributed by atoms with E-state index in [1.54, 1.807) is 0 Å². The predicted molar refractivity (Wildman–Crippen MR) is 185 cm³/mol. The molecule has 2 aromatic rings. The van der Waals surface area contributed by atoms with Gasteiger partial charge in [0.2, 0.25) is 5.91 Å². The topological polar surface area (TPSA) is 91.7 Å². The van der Waals surface area contributed by atoms with Crippen LogP contribution in [0, 0.1) is 0 Å². The largest absolute Gasteiger partial charge is 0.497 e. The van der Waals surface area contributed by atoms with E-state index in [1.165, 1.54) is 12.8 Å². The normalized spacial score (nSPS) is 50.1. The van der Waals surface area contributed by atoms with Crippen LogP contribution in [0.3, 0.4) is 0 Å². The van der Waals surface area contributed by atoms with Gasteiger partial charge in [0.25, 0.3) is 0 Å². The third kappa shape index (κ3) is 11.0. The fourth-order valence-corrected chi connectivity index (χ4v) is 3.31. The van der Waals surface area contributed by atoms with Crippen molar-refractivity contribution in [1.29, 1.82) is 0 Å². The smallest absolute Gasteiger partial charge is 0.232 e. The zero-order chi connectivity index (χ0) is 77.1. The van der Waals surface area contributed by atoms with E-state index in [-0.39, 0.29) is 0 Å². The fraction of sp³-hybridized carbons (Fsp3) is 0.658. The molecule has 5 rings (SSSR count). The van der Waals surface area contributed by atoms with Gasteiger partial charge in [0.15, 0.2) is 0 Å². The summed E-state index contributed by atoms with van der Waals surface area (Å²) in [7, 11) is -7.00. The standard InChI is InChI=1S/C17H25NO3.C17H27NO2.C4H8O/c1-18(2)16(19)15(17(20)11-5-4-6-12-17)13-7-9-14(21-3)10-8-13;1-18(2)13-16(17(19)11-5-4-6-12-17)14-7-9-15(20-3)10-8-14;1-2-4-5-3-1/h7-10,15,20H,4-6,11-12H2,1-3H3;7-10,16,19H,4-6,11-13H2,1-3H3;1-4H2/i1D3,2D3,3D3,4D2,5D2,6D2,7D,8D,9D,10D,11D2,12D2,15D;1D3,2D3,3D3,4D2,5D2,6D2,7D,8D,9D,10D,11D2,12D2,13D2,16D;. The maximum Gasteiger partial charge on any atom is 0.232 e. The third-order valence-electron chi connectivity index (χ3n) is 5.32. The highest BCUT2D eigenvalue weighted by atomic mass is 16.5. The average Bonchev–Trinajstić information content (AvgIpc) is 1.15. The van der Waals surface area contributed by atoms with E-state index in [0.29, 0.717) is 0 Å². The lowest BCUT2D eigenvalue weighted by Crippen LogP contribution is -2.46. The Bertz CT molecular complexity index is 3110. The van der Waals surface area contributed by atoms with Crippen molar-refractivity contribution in [2.45, 2.75) is 99.6 Å². The summed E-state index contributed by atoms with van der Waals surface area (Å²) in [6.45, 7) is -20.0. The summed E-state index contributed by atoms with van der Waals surface area (Å²) in [5.41, 5.74) is -14.6. The number of amides is 1. The molecule has 2 atom stereocenters. The molecule has 258 valence electrons. The van der Waals surface area contributed by atoms with Crippen LogP contribution in [-0.2, 0) is 9.53 Å². The van der Waals surface area contributed by atoms with Crippen molar-refractivity contribution >= 4 is 5.91 Å². The zero-order valence-corrected chi connectivity index (χ0v) is 23.3. The number of methoxy groups -OCH3 is 2. The molecule has 8 nitrogen and oxygen atoms in total. The van der Waals surface area contributed by atoms with Crippen LogP contribution in [0.5, 0.6) is 11.5 Å². The molecule has 2 aromatic carbocycles. The van der Waals surface area contributed by atoms with E-state index in [9.17, 15) is 16.4 Å². The molecule has 8 heteroatoms. The molecule has 2 saturated carbocycles. The minimum Gasteiger partial charge on any atom is -0.497 e. The van der Waals surface area contributed by atoms with Crippen LogP contribution in [0.1, 0.15) is 168 Å². The zero-order valence-electron chi connectivity index (χ0n) is 73.3. The lowest BCUT2D eigenvalue weighted by molar-refractivity contribution is -0.139. The highest BCUT2D eigenvalue weighted by Gasteiger charge is 2.43. The van der Waals surface area contributed by atoms with Crippen molar-refractivity contribution in [1.82, 2.24) is 9.80 Å². The van der Waals surface area contributed by atoms with Crippen LogP contribution in [0.15, 0.2) is 48.3 Å². The van der Waals surface area contributed by atoms with Gasteiger partial charge in [-0.1, -0.05) is 62.4 Å². The number of carbonyl (C=O) groups is 1. The van der Waals surface area contributed by atoms with E-state index >= 15 is 0 Å². The fourth-order valence-electron chi connectivity index (χ4n) is 3.31. The van der Waals surface area contributed by atoms with E-state index in [0.717, 1.165) is 13.2 Å². The molecule has 2 N–H and O–H groups in total. The van der Waals surface area contributed by atoms with Gasteiger partial charge in [-0.15, -0.1) is 0 Å². The van der Waals surface area contributed by atoms with E-state index in [4.69, 9.17) is 71.9 Å².